The number of hydrogen-bond acceptors (Lipinski definition) is 5. The molecular formula is C16H14ClN2O4S-. The van der Waals surface area contributed by atoms with Crippen LogP contribution in [0.2, 0.25) is 0 Å². The summed E-state index contributed by atoms with van der Waals surface area (Å²) in [4.78, 5) is 36.9. The first-order chi connectivity index (χ1) is 11.5. The highest BCUT2D eigenvalue weighted by Crippen LogP contribution is 2.40. The van der Waals surface area contributed by atoms with Crippen molar-refractivity contribution >= 4 is 41.1 Å². The van der Waals surface area contributed by atoms with E-state index in [0.717, 1.165) is 10.5 Å². The van der Waals surface area contributed by atoms with E-state index in [2.05, 4.69) is 5.32 Å². The number of nitrogens with zero attached hydrogens (tertiary/aromatic N) is 1. The van der Waals surface area contributed by atoms with Gasteiger partial charge in [0.15, 0.2) is 0 Å². The fourth-order valence-corrected chi connectivity index (χ4v) is 4.46. The number of thioether (sulfide) groups is 1. The Hall–Kier alpha value is -1.99. The van der Waals surface area contributed by atoms with Crippen LogP contribution < -0.4 is 10.4 Å². The maximum Gasteiger partial charge on any atom is 0.253 e. The molecule has 2 heterocycles. The lowest BCUT2D eigenvalue weighted by Gasteiger charge is -2.50. The Bertz CT molecular complexity index is 722. The second-order valence-corrected chi connectivity index (χ2v) is 6.86. The lowest BCUT2D eigenvalue weighted by atomic mass is 10.0. The highest BCUT2D eigenvalue weighted by atomic mass is 35.5. The molecule has 2 aliphatic rings. The Kier molecular flexibility index (Phi) is 4.82. The molecule has 8 heteroatoms. The Morgan fingerprint density at radius 1 is 1.33 bits per heavy atom. The number of hydrogen-bond donors (Lipinski definition) is 1. The van der Waals surface area contributed by atoms with Gasteiger partial charge in [0.2, 0.25) is 5.91 Å². The maximum absolute atomic E-state index is 12.3. The van der Waals surface area contributed by atoms with Gasteiger partial charge in [0.25, 0.3) is 5.91 Å². The molecule has 0 aromatic heterocycles. The zero-order valence-electron chi connectivity index (χ0n) is 12.5. The van der Waals surface area contributed by atoms with Crippen LogP contribution in [0.4, 0.5) is 0 Å². The van der Waals surface area contributed by atoms with Gasteiger partial charge in [-0.15, -0.1) is 23.4 Å². The summed E-state index contributed by atoms with van der Waals surface area (Å²) in [5.74, 6) is -1.72. The molecule has 2 atom stereocenters. The van der Waals surface area contributed by atoms with Crippen LogP contribution in [0.5, 0.6) is 0 Å². The van der Waals surface area contributed by atoms with Gasteiger partial charge in [-0.05, 0) is 11.1 Å². The monoisotopic (exact) mass is 365 g/mol. The van der Waals surface area contributed by atoms with Crippen LogP contribution in [0.1, 0.15) is 5.56 Å². The fourth-order valence-electron chi connectivity index (χ4n) is 2.78. The lowest BCUT2D eigenvalue weighted by Crippen LogP contribution is -2.71. The minimum absolute atomic E-state index is 0.0256. The molecule has 3 rings (SSSR count). The van der Waals surface area contributed by atoms with Gasteiger partial charge in [0, 0.05) is 11.6 Å². The zero-order chi connectivity index (χ0) is 17.3. The summed E-state index contributed by atoms with van der Waals surface area (Å²) < 4.78 is 0. The largest absolute Gasteiger partial charge is 0.543 e. The average molecular weight is 366 g/mol. The topological polar surface area (TPSA) is 89.5 Å². The van der Waals surface area contributed by atoms with E-state index in [1.165, 1.54) is 11.8 Å². The van der Waals surface area contributed by atoms with Crippen molar-refractivity contribution in [1.29, 1.82) is 0 Å². The number of fused-ring (bicyclic) bond motifs is 1. The Morgan fingerprint density at radius 2 is 2.04 bits per heavy atom. The number of aliphatic carboxylic acids is 1. The van der Waals surface area contributed by atoms with E-state index in [-0.39, 0.29) is 23.9 Å². The number of halogens is 1. The molecule has 0 aliphatic carbocycles. The van der Waals surface area contributed by atoms with Crippen LogP contribution in [-0.4, -0.2) is 45.7 Å². The summed E-state index contributed by atoms with van der Waals surface area (Å²) >= 11 is 7.13. The Labute approximate surface area is 147 Å². The molecule has 1 aromatic carbocycles. The van der Waals surface area contributed by atoms with Gasteiger partial charge in [0.05, 0.1) is 18.1 Å². The minimum atomic E-state index is -1.42. The van der Waals surface area contributed by atoms with Crippen molar-refractivity contribution in [2.24, 2.45) is 0 Å². The third kappa shape index (κ3) is 3.01. The number of carbonyl (C=O) groups is 3. The standard InChI is InChI=1S/C16H15ClN2O4S/c17-7-10-8-24-15-12(14(21)19(15)13(10)16(22)23)18-11(20)6-9-4-2-1-3-5-9/h1-5,12,15H,6-8H2,(H,18,20)(H,22,23)/p-1/t12-,15-/m1/s1. The highest BCUT2D eigenvalue weighted by Gasteiger charge is 2.52. The number of benzene rings is 1. The average Bonchev–Trinajstić information content (AvgIpc) is 2.58. The van der Waals surface area contributed by atoms with Gasteiger partial charge in [-0.3, -0.25) is 14.5 Å². The van der Waals surface area contributed by atoms with E-state index < -0.39 is 23.3 Å². The van der Waals surface area contributed by atoms with Crippen molar-refractivity contribution in [2.45, 2.75) is 17.8 Å². The first-order valence-electron chi connectivity index (χ1n) is 7.30. The zero-order valence-corrected chi connectivity index (χ0v) is 14.1. The van der Waals surface area contributed by atoms with Crippen LogP contribution in [0.3, 0.4) is 0 Å². The quantitative estimate of drug-likeness (QED) is 0.580. The number of β-lactam (4-membered cyclic amide) rings is 1. The summed E-state index contributed by atoms with van der Waals surface area (Å²) in [6, 6.07) is 8.45. The second kappa shape index (κ2) is 6.86. The molecule has 2 aliphatic heterocycles. The number of carboxylic acids is 1. The molecule has 24 heavy (non-hydrogen) atoms. The van der Waals surface area contributed by atoms with E-state index in [1.807, 2.05) is 30.3 Å². The first kappa shape index (κ1) is 16.9. The summed E-state index contributed by atoms with van der Waals surface area (Å²) in [5.41, 5.74) is 1.14. The van der Waals surface area contributed by atoms with Gasteiger partial charge in [-0.25, -0.2) is 0 Å². The third-order valence-corrected chi connectivity index (χ3v) is 5.59. The second-order valence-electron chi connectivity index (χ2n) is 5.49. The summed E-state index contributed by atoms with van der Waals surface area (Å²) in [6.45, 7) is 0. The van der Waals surface area contributed by atoms with E-state index >= 15 is 0 Å². The predicted molar refractivity (Wildman–Crippen MR) is 87.9 cm³/mol. The van der Waals surface area contributed by atoms with Crippen molar-refractivity contribution in [2.75, 3.05) is 11.6 Å². The number of rotatable bonds is 5. The van der Waals surface area contributed by atoms with Crippen LogP contribution in [0, 0.1) is 0 Å². The van der Waals surface area contributed by atoms with Crippen LogP contribution in [0.25, 0.3) is 0 Å². The van der Waals surface area contributed by atoms with E-state index in [4.69, 9.17) is 11.6 Å². The van der Waals surface area contributed by atoms with Crippen LogP contribution >= 0.6 is 23.4 Å². The van der Waals surface area contributed by atoms with E-state index in [0.29, 0.717) is 11.3 Å². The van der Waals surface area contributed by atoms with Gasteiger partial charge in [0.1, 0.15) is 11.4 Å². The minimum Gasteiger partial charge on any atom is -0.543 e. The number of nitrogens with one attached hydrogen (secondary N) is 1. The maximum atomic E-state index is 12.3. The van der Waals surface area contributed by atoms with Gasteiger partial charge in [-0.2, -0.15) is 0 Å². The van der Waals surface area contributed by atoms with Crippen molar-refractivity contribution in [1.82, 2.24) is 10.2 Å². The molecule has 2 amide bonds. The van der Waals surface area contributed by atoms with Crippen molar-refractivity contribution in [3.63, 3.8) is 0 Å². The SMILES string of the molecule is O=C(Cc1ccccc1)N[C@@H]1C(=O)N2C(C(=O)[O-])=C(CCl)CS[C@H]12. The molecule has 0 bridgehead atoms. The number of alkyl halides is 1. The Morgan fingerprint density at radius 3 is 2.67 bits per heavy atom. The van der Waals surface area contributed by atoms with Gasteiger partial charge >= 0.3 is 0 Å². The molecule has 1 fully saturated rings. The van der Waals surface area contributed by atoms with Crippen LogP contribution in [0.15, 0.2) is 41.6 Å². The van der Waals surface area contributed by atoms with Crippen molar-refractivity contribution in [3.8, 4) is 0 Å². The van der Waals surface area contributed by atoms with Crippen LogP contribution in [-0.2, 0) is 20.8 Å². The molecule has 1 N–H and O–H groups in total. The molecular weight excluding hydrogens is 352 g/mol. The molecule has 0 radical (unpaired) electrons. The summed E-state index contributed by atoms with van der Waals surface area (Å²) in [7, 11) is 0. The highest BCUT2D eigenvalue weighted by molar-refractivity contribution is 8.00. The smallest absolute Gasteiger partial charge is 0.253 e. The van der Waals surface area contributed by atoms with Crippen molar-refractivity contribution in [3.05, 3.63) is 47.2 Å². The van der Waals surface area contributed by atoms with E-state index in [9.17, 15) is 19.5 Å². The molecule has 1 aromatic rings. The molecule has 0 spiro atoms. The molecule has 6 nitrogen and oxygen atoms in total. The van der Waals surface area contributed by atoms with Gasteiger partial charge < -0.3 is 15.2 Å². The number of carboxylic acid groups (broad SMARTS) is 1. The number of carbonyl (C=O) groups excluding carboxylic acids is 3. The third-order valence-electron chi connectivity index (χ3n) is 3.93. The lowest BCUT2D eigenvalue weighted by molar-refractivity contribution is -0.301. The summed E-state index contributed by atoms with van der Waals surface area (Å²) in [6.07, 6.45) is 0.165. The summed E-state index contributed by atoms with van der Waals surface area (Å²) in [5, 5.41) is 13.6. The van der Waals surface area contributed by atoms with Gasteiger partial charge in [-0.1, -0.05) is 30.3 Å². The Balaban J connectivity index is 1.69. The normalized spacial score (nSPS) is 22.7. The molecule has 126 valence electrons. The van der Waals surface area contributed by atoms with E-state index in [1.54, 1.807) is 0 Å². The van der Waals surface area contributed by atoms with Crippen molar-refractivity contribution < 1.29 is 19.5 Å². The first-order valence-corrected chi connectivity index (χ1v) is 8.88. The predicted octanol–water partition coefficient (Wildman–Crippen LogP) is -0.128. The molecule has 1 saturated heterocycles. The molecule has 0 unspecified atom stereocenters. The molecule has 0 saturated carbocycles. The number of amides is 2. The fraction of sp³-hybridized carbons (Fsp3) is 0.312.